The molecule has 1 fully saturated rings. The molecular weight excluding hydrogens is 218 g/mol. The van der Waals surface area contributed by atoms with Gasteiger partial charge in [-0.15, -0.1) is 0 Å². The van der Waals surface area contributed by atoms with Crippen LogP contribution in [0.25, 0.3) is 0 Å². The molecule has 1 saturated heterocycles. The van der Waals surface area contributed by atoms with Gasteiger partial charge in [0.25, 0.3) is 0 Å². The summed E-state index contributed by atoms with van der Waals surface area (Å²) in [6, 6.07) is 1.73. The lowest BCUT2D eigenvalue weighted by atomic mass is 10.1. The van der Waals surface area contributed by atoms with Crippen molar-refractivity contribution >= 4 is 5.82 Å². The first-order chi connectivity index (χ1) is 8.17. The van der Waals surface area contributed by atoms with Crippen LogP contribution in [-0.2, 0) is 0 Å². The maximum Gasteiger partial charge on any atom is 0.219 e. The van der Waals surface area contributed by atoms with E-state index in [1.807, 2.05) is 6.92 Å². The number of hydrogen-bond acceptors (Lipinski definition) is 6. The number of aromatic nitrogens is 2. The largest absolute Gasteiger partial charge is 0.474 e. The van der Waals surface area contributed by atoms with Gasteiger partial charge < -0.3 is 15.1 Å². The number of nitrogens with two attached hydrogens (primary N) is 1. The van der Waals surface area contributed by atoms with E-state index in [-0.39, 0.29) is 6.10 Å². The molecule has 0 aromatic carbocycles. The van der Waals surface area contributed by atoms with Crippen LogP contribution in [0.2, 0.25) is 0 Å². The van der Waals surface area contributed by atoms with E-state index in [1.54, 1.807) is 6.07 Å². The lowest BCUT2D eigenvalue weighted by Gasteiger charge is -2.28. The number of hydrogen-bond donors (Lipinski definition) is 2. The van der Waals surface area contributed by atoms with Crippen LogP contribution < -0.4 is 16.0 Å². The van der Waals surface area contributed by atoms with Gasteiger partial charge in [0.15, 0.2) is 0 Å². The second kappa shape index (κ2) is 5.29. The molecule has 17 heavy (non-hydrogen) atoms. The van der Waals surface area contributed by atoms with Crippen molar-refractivity contribution in [3.05, 3.63) is 11.9 Å². The van der Waals surface area contributed by atoms with E-state index in [9.17, 15) is 0 Å². The Morgan fingerprint density at radius 3 is 2.76 bits per heavy atom. The van der Waals surface area contributed by atoms with Crippen molar-refractivity contribution in [3.63, 3.8) is 0 Å². The Labute approximate surface area is 101 Å². The number of hydrazine groups is 1. The molecule has 0 bridgehead atoms. The van der Waals surface area contributed by atoms with Gasteiger partial charge in [-0.2, -0.15) is 4.98 Å². The SMILES string of the molecule is Cc1nc(NN)cc(OC2CCN(C)CC2)n1. The number of piperidine rings is 1. The van der Waals surface area contributed by atoms with Gasteiger partial charge in [-0.25, -0.2) is 10.8 Å². The van der Waals surface area contributed by atoms with Crippen LogP contribution in [-0.4, -0.2) is 41.1 Å². The normalized spacial score (nSPS) is 18.1. The van der Waals surface area contributed by atoms with Crippen LogP contribution in [0, 0.1) is 6.92 Å². The summed E-state index contributed by atoms with van der Waals surface area (Å²) in [4.78, 5) is 10.7. The van der Waals surface area contributed by atoms with E-state index in [4.69, 9.17) is 10.6 Å². The van der Waals surface area contributed by atoms with Crippen LogP contribution in [0.1, 0.15) is 18.7 Å². The average molecular weight is 237 g/mol. The van der Waals surface area contributed by atoms with Gasteiger partial charge in [-0.3, -0.25) is 0 Å². The minimum Gasteiger partial charge on any atom is -0.474 e. The van der Waals surface area contributed by atoms with E-state index in [1.165, 1.54) is 0 Å². The molecule has 0 spiro atoms. The average Bonchev–Trinajstić information content (AvgIpc) is 2.31. The minimum absolute atomic E-state index is 0.242. The predicted molar refractivity (Wildman–Crippen MR) is 65.7 cm³/mol. The third kappa shape index (κ3) is 3.28. The molecule has 3 N–H and O–H groups in total. The highest BCUT2D eigenvalue weighted by Crippen LogP contribution is 2.18. The molecule has 94 valence electrons. The fraction of sp³-hybridized carbons (Fsp3) is 0.636. The quantitative estimate of drug-likeness (QED) is 0.590. The molecule has 2 heterocycles. The Morgan fingerprint density at radius 1 is 1.41 bits per heavy atom. The number of ether oxygens (including phenoxy) is 1. The molecule has 1 aliphatic heterocycles. The van der Waals surface area contributed by atoms with Crippen LogP contribution >= 0.6 is 0 Å². The molecule has 1 aliphatic rings. The van der Waals surface area contributed by atoms with Crippen molar-refractivity contribution in [1.82, 2.24) is 14.9 Å². The van der Waals surface area contributed by atoms with Crippen molar-refractivity contribution in [1.29, 1.82) is 0 Å². The monoisotopic (exact) mass is 237 g/mol. The fourth-order valence-electron chi connectivity index (χ4n) is 1.95. The maximum absolute atomic E-state index is 5.85. The molecule has 0 saturated carbocycles. The summed E-state index contributed by atoms with van der Waals surface area (Å²) in [5.41, 5.74) is 2.51. The first kappa shape index (κ1) is 12.1. The van der Waals surface area contributed by atoms with Gasteiger partial charge in [0, 0.05) is 19.2 Å². The number of nitrogens with one attached hydrogen (secondary N) is 1. The van der Waals surface area contributed by atoms with E-state index in [2.05, 4.69) is 27.3 Å². The minimum atomic E-state index is 0.242. The Hall–Kier alpha value is -1.40. The summed E-state index contributed by atoms with van der Waals surface area (Å²) < 4.78 is 5.85. The maximum atomic E-state index is 5.85. The van der Waals surface area contributed by atoms with Crippen LogP contribution in [0.4, 0.5) is 5.82 Å². The third-order valence-corrected chi connectivity index (χ3v) is 2.92. The summed E-state index contributed by atoms with van der Waals surface area (Å²) >= 11 is 0. The van der Waals surface area contributed by atoms with E-state index >= 15 is 0 Å². The van der Waals surface area contributed by atoms with Crippen molar-refractivity contribution in [3.8, 4) is 5.88 Å². The molecule has 6 nitrogen and oxygen atoms in total. The third-order valence-electron chi connectivity index (χ3n) is 2.92. The van der Waals surface area contributed by atoms with Crippen molar-refractivity contribution in [2.75, 3.05) is 25.6 Å². The van der Waals surface area contributed by atoms with E-state index < -0.39 is 0 Å². The summed E-state index contributed by atoms with van der Waals surface area (Å²) in [5.74, 6) is 7.17. The number of aryl methyl sites for hydroxylation is 1. The van der Waals surface area contributed by atoms with Gasteiger partial charge in [-0.05, 0) is 26.8 Å². The lowest BCUT2D eigenvalue weighted by Crippen LogP contribution is -2.35. The zero-order valence-corrected chi connectivity index (χ0v) is 10.3. The molecule has 0 unspecified atom stereocenters. The smallest absolute Gasteiger partial charge is 0.219 e. The van der Waals surface area contributed by atoms with E-state index in [0.717, 1.165) is 25.9 Å². The van der Waals surface area contributed by atoms with Gasteiger partial charge in [0.1, 0.15) is 17.7 Å². The molecule has 0 atom stereocenters. The Kier molecular flexibility index (Phi) is 3.75. The lowest BCUT2D eigenvalue weighted by molar-refractivity contribution is 0.110. The molecule has 0 amide bonds. The first-order valence-corrected chi connectivity index (χ1v) is 5.85. The van der Waals surface area contributed by atoms with Crippen molar-refractivity contribution < 1.29 is 4.74 Å². The predicted octanol–water partition coefficient (Wildman–Crippen LogP) is 0.544. The molecule has 2 rings (SSSR count). The second-order valence-electron chi connectivity index (χ2n) is 4.40. The van der Waals surface area contributed by atoms with Crippen LogP contribution in [0.3, 0.4) is 0 Å². The van der Waals surface area contributed by atoms with E-state index in [0.29, 0.717) is 17.5 Å². The Balaban J connectivity index is 2.00. The van der Waals surface area contributed by atoms with Crippen LogP contribution in [0.5, 0.6) is 5.88 Å². The molecular formula is C11H19N5O. The molecule has 6 heteroatoms. The number of anilines is 1. The number of nitrogen functional groups attached to an aromatic ring is 1. The van der Waals surface area contributed by atoms with Gasteiger partial charge in [0.2, 0.25) is 5.88 Å². The molecule has 1 aromatic heterocycles. The Morgan fingerprint density at radius 2 is 2.12 bits per heavy atom. The summed E-state index contributed by atoms with van der Waals surface area (Å²) in [7, 11) is 2.13. The number of rotatable bonds is 3. The highest BCUT2D eigenvalue weighted by atomic mass is 16.5. The highest BCUT2D eigenvalue weighted by molar-refractivity contribution is 5.36. The highest BCUT2D eigenvalue weighted by Gasteiger charge is 2.18. The topological polar surface area (TPSA) is 76.3 Å². The van der Waals surface area contributed by atoms with Crippen molar-refractivity contribution in [2.45, 2.75) is 25.9 Å². The summed E-state index contributed by atoms with van der Waals surface area (Å²) in [5, 5.41) is 0. The summed E-state index contributed by atoms with van der Waals surface area (Å²) in [6.07, 6.45) is 2.31. The van der Waals surface area contributed by atoms with Gasteiger partial charge in [-0.1, -0.05) is 0 Å². The van der Waals surface area contributed by atoms with Crippen LogP contribution in [0.15, 0.2) is 6.07 Å². The summed E-state index contributed by atoms with van der Waals surface area (Å²) in [6.45, 7) is 3.95. The molecule has 0 radical (unpaired) electrons. The molecule has 0 aliphatic carbocycles. The van der Waals surface area contributed by atoms with Crippen molar-refractivity contribution in [2.24, 2.45) is 5.84 Å². The number of likely N-dealkylation sites (tertiary alicyclic amines) is 1. The molecule has 1 aromatic rings. The Bertz CT molecular complexity index is 376. The second-order valence-corrected chi connectivity index (χ2v) is 4.40. The zero-order chi connectivity index (χ0) is 12.3. The fourth-order valence-corrected chi connectivity index (χ4v) is 1.95. The number of nitrogens with zero attached hydrogens (tertiary/aromatic N) is 3. The zero-order valence-electron chi connectivity index (χ0n) is 10.3. The van der Waals surface area contributed by atoms with Gasteiger partial charge in [0.05, 0.1) is 0 Å². The van der Waals surface area contributed by atoms with Gasteiger partial charge >= 0.3 is 0 Å². The standard InChI is InChI=1S/C11H19N5O/c1-8-13-10(15-12)7-11(14-8)17-9-3-5-16(2)6-4-9/h7,9H,3-6,12H2,1-2H3,(H,13,14,15). The first-order valence-electron chi connectivity index (χ1n) is 5.85.